The van der Waals surface area contributed by atoms with Crippen LogP contribution in [0.5, 0.6) is 11.5 Å². The van der Waals surface area contributed by atoms with Crippen molar-refractivity contribution in [3.63, 3.8) is 0 Å². The van der Waals surface area contributed by atoms with Gasteiger partial charge in [0.1, 0.15) is 31.5 Å². The van der Waals surface area contributed by atoms with Gasteiger partial charge >= 0.3 is 47.8 Å². The molecule has 21 heteroatoms. The van der Waals surface area contributed by atoms with Gasteiger partial charge in [0.2, 0.25) is 0 Å². The molecule has 1 aromatic rings. The lowest BCUT2D eigenvalue weighted by atomic mass is 9.96. The minimum absolute atomic E-state index is 0.142. The van der Waals surface area contributed by atoms with Crippen LogP contribution in [0.15, 0.2) is 18.2 Å². The van der Waals surface area contributed by atoms with Crippen molar-refractivity contribution in [1.29, 1.82) is 0 Å². The van der Waals surface area contributed by atoms with Crippen LogP contribution in [-0.4, -0.2) is 136 Å². The molecule has 21 nitrogen and oxygen atoms in total. The standard InChI is InChI=1S/C37H48O21/c1-17(38)48-15-28-31(52-21(5)42)33(34(54-23(7)44)36(56-28)47-13-12-25-10-11-26(46-9)27(14-25)50-19(3)40)58-37-35(55-24(8)45)32(53-22(6)43)30(51-20(4)41)29(57-37)16-49-18(2)39/h10-11,14,28-37H,12-13,15-16H2,1-9H3. The van der Waals surface area contributed by atoms with Crippen LogP contribution in [0.1, 0.15) is 61.0 Å². The molecule has 2 fully saturated rings. The summed E-state index contributed by atoms with van der Waals surface area (Å²) in [5.41, 5.74) is 0.608. The highest BCUT2D eigenvalue weighted by Crippen LogP contribution is 2.36. The molecule has 10 unspecified atom stereocenters. The van der Waals surface area contributed by atoms with Gasteiger partial charge in [0.05, 0.1) is 13.7 Å². The van der Waals surface area contributed by atoms with Crippen molar-refractivity contribution < 1.29 is 99.9 Å². The highest BCUT2D eigenvalue weighted by Gasteiger charge is 2.57. The van der Waals surface area contributed by atoms with Crippen LogP contribution in [0.25, 0.3) is 0 Å². The average Bonchev–Trinajstić information content (AvgIpc) is 3.10. The Morgan fingerprint density at radius 2 is 0.966 bits per heavy atom. The van der Waals surface area contributed by atoms with Crippen molar-refractivity contribution >= 4 is 47.8 Å². The number of esters is 8. The van der Waals surface area contributed by atoms with Gasteiger partial charge in [0, 0.05) is 55.4 Å². The zero-order valence-corrected chi connectivity index (χ0v) is 33.4. The van der Waals surface area contributed by atoms with Crippen LogP contribution in [0, 0.1) is 0 Å². The second kappa shape index (κ2) is 22.0. The zero-order chi connectivity index (χ0) is 43.3. The van der Waals surface area contributed by atoms with E-state index in [0.717, 1.165) is 48.5 Å². The number of carbonyl (C=O) groups excluding carboxylic acids is 8. The lowest BCUT2D eigenvalue weighted by Crippen LogP contribution is -2.67. The summed E-state index contributed by atoms with van der Waals surface area (Å²) in [4.78, 5) is 97.9. The largest absolute Gasteiger partial charge is 0.493 e. The van der Waals surface area contributed by atoms with Crippen molar-refractivity contribution in [2.45, 2.75) is 123 Å². The van der Waals surface area contributed by atoms with E-state index in [1.54, 1.807) is 18.2 Å². The van der Waals surface area contributed by atoms with Crippen molar-refractivity contribution in [1.82, 2.24) is 0 Å². The quantitative estimate of drug-likeness (QED) is 0.119. The molecule has 0 spiro atoms. The third-order valence-electron chi connectivity index (χ3n) is 8.04. The zero-order valence-electron chi connectivity index (χ0n) is 33.4. The molecule has 2 aliphatic heterocycles. The van der Waals surface area contributed by atoms with Crippen molar-refractivity contribution in [2.75, 3.05) is 26.9 Å². The first kappa shape index (κ1) is 47.0. The SMILES string of the molecule is COc1ccc(CCOC2OC(COC(C)=O)C(OC(C)=O)C(OC3OC(COC(C)=O)C(OC(C)=O)C(OC(C)=O)C3OC(C)=O)C2OC(C)=O)cc1OC(C)=O. The van der Waals surface area contributed by atoms with Crippen LogP contribution in [-0.2, 0) is 96.9 Å². The lowest BCUT2D eigenvalue weighted by Gasteiger charge is -2.48. The van der Waals surface area contributed by atoms with E-state index in [4.69, 9.17) is 61.6 Å². The Morgan fingerprint density at radius 3 is 1.43 bits per heavy atom. The molecule has 0 aliphatic carbocycles. The third-order valence-corrected chi connectivity index (χ3v) is 8.04. The van der Waals surface area contributed by atoms with E-state index >= 15 is 0 Å². The van der Waals surface area contributed by atoms with Gasteiger partial charge in [-0.1, -0.05) is 6.07 Å². The topological polar surface area (TPSA) is 257 Å². The summed E-state index contributed by atoms with van der Waals surface area (Å²) in [5, 5.41) is 0. The van der Waals surface area contributed by atoms with Gasteiger partial charge in [-0.3, -0.25) is 38.4 Å². The van der Waals surface area contributed by atoms with Gasteiger partial charge < -0.3 is 61.6 Å². The summed E-state index contributed by atoms with van der Waals surface area (Å²) < 4.78 is 73.3. The molecule has 58 heavy (non-hydrogen) atoms. The molecule has 10 atom stereocenters. The molecule has 0 bridgehead atoms. The van der Waals surface area contributed by atoms with Crippen LogP contribution in [0.2, 0.25) is 0 Å². The number of hydrogen-bond acceptors (Lipinski definition) is 21. The first-order valence-electron chi connectivity index (χ1n) is 17.9. The van der Waals surface area contributed by atoms with E-state index in [9.17, 15) is 38.4 Å². The monoisotopic (exact) mass is 828 g/mol. The number of ether oxygens (including phenoxy) is 13. The fraction of sp³-hybridized carbons (Fsp3) is 0.622. The maximum absolute atomic E-state index is 12.7. The van der Waals surface area contributed by atoms with Crippen LogP contribution < -0.4 is 9.47 Å². The first-order valence-corrected chi connectivity index (χ1v) is 17.9. The van der Waals surface area contributed by atoms with Crippen LogP contribution in [0.4, 0.5) is 0 Å². The molecule has 2 saturated heterocycles. The van der Waals surface area contributed by atoms with E-state index in [-0.39, 0.29) is 24.5 Å². The maximum Gasteiger partial charge on any atom is 0.308 e. The number of methoxy groups -OCH3 is 1. The lowest BCUT2D eigenvalue weighted by molar-refractivity contribution is -0.361. The summed E-state index contributed by atoms with van der Waals surface area (Å²) >= 11 is 0. The Labute approximate surface area is 333 Å². The van der Waals surface area contributed by atoms with Crippen LogP contribution in [0.3, 0.4) is 0 Å². The van der Waals surface area contributed by atoms with Crippen LogP contribution >= 0.6 is 0 Å². The highest BCUT2D eigenvalue weighted by molar-refractivity contribution is 5.71. The van der Waals surface area contributed by atoms with Gasteiger partial charge in [-0.05, 0) is 24.1 Å². The van der Waals surface area contributed by atoms with Crippen molar-refractivity contribution in [3.8, 4) is 11.5 Å². The molecule has 1 aromatic carbocycles. The Balaban J connectivity index is 2.13. The smallest absolute Gasteiger partial charge is 0.308 e. The molecule has 3 rings (SSSR count). The number of rotatable bonds is 17. The third kappa shape index (κ3) is 14.2. The highest BCUT2D eigenvalue weighted by atomic mass is 16.8. The van der Waals surface area contributed by atoms with Gasteiger partial charge in [-0.15, -0.1) is 0 Å². The van der Waals surface area contributed by atoms with Gasteiger partial charge in [-0.25, -0.2) is 0 Å². The fourth-order valence-electron chi connectivity index (χ4n) is 6.01. The van der Waals surface area contributed by atoms with Crippen molar-refractivity contribution in [2.24, 2.45) is 0 Å². The van der Waals surface area contributed by atoms with Crippen molar-refractivity contribution in [3.05, 3.63) is 23.8 Å². The molecule has 0 saturated carbocycles. The average molecular weight is 829 g/mol. The second-order valence-corrected chi connectivity index (χ2v) is 12.9. The molecule has 322 valence electrons. The number of benzene rings is 1. The molecular weight excluding hydrogens is 780 g/mol. The van der Waals surface area contributed by atoms with E-state index in [1.165, 1.54) is 14.0 Å². The second-order valence-electron chi connectivity index (χ2n) is 12.9. The fourth-order valence-corrected chi connectivity index (χ4v) is 6.01. The molecule has 2 heterocycles. The number of carbonyl (C=O) groups is 8. The van der Waals surface area contributed by atoms with E-state index < -0.39 is 122 Å². The molecule has 2 aliphatic rings. The predicted molar refractivity (Wildman–Crippen MR) is 187 cm³/mol. The maximum atomic E-state index is 12.7. The van der Waals surface area contributed by atoms with Gasteiger partial charge in [-0.2, -0.15) is 0 Å². The number of hydrogen-bond donors (Lipinski definition) is 0. The summed E-state index contributed by atoms with van der Waals surface area (Å²) in [6.07, 6.45) is -15.9. The first-order chi connectivity index (χ1) is 27.3. The summed E-state index contributed by atoms with van der Waals surface area (Å²) in [5.74, 6) is -6.18. The molecular formula is C37H48O21. The summed E-state index contributed by atoms with van der Waals surface area (Å²) in [6, 6.07) is 4.80. The van der Waals surface area contributed by atoms with Gasteiger partial charge in [0.15, 0.2) is 54.6 Å². The Hall–Kier alpha value is -5.38. The minimum Gasteiger partial charge on any atom is -0.493 e. The molecule has 0 N–H and O–H groups in total. The van der Waals surface area contributed by atoms with E-state index in [2.05, 4.69) is 0 Å². The summed E-state index contributed by atoms with van der Waals surface area (Å²) in [7, 11) is 1.40. The summed E-state index contributed by atoms with van der Waals surface area (Å²) in [6.45, 7) is 7.32. The molecule has 0 amide bonds. The van der Waals surface area contributed by atoms with Gasteiger partial charge in [0.25, 0.3) is 0 Å². The predicted octanol–water partition coefficient (Wildman–Crippen LogP) is 0.799. The molecule has 0 radical (unpaired) electrons. The Morgan fingerprint density at radius 1 is 0.517 bits per heavy atom. The Bertz CT molecular complexity index is 1660. The molecule has 0 aromatic heterocycles. The minimum atomic E-state index is -1.85. The van der Waals surface area contributed by atoms with E-state index in [1.807, 2.05) is 0 Å². The Kier molecular flexibility index (Phi) is 17.8. The normalized spacial score (nSPS) is 26.5. The van der Waals surface area contributed by atoms with E-state index in [0.29, 0.717) is 5.56 Å².